The lowest BCUT2D eigenvalue weighted by atomic mass is 10.1. The van der Waals surface area contributed by atoms with Crippen LogP contribution in [0.15, 0.2) is 53.6 Å². The second-order valence-corrected chi connectivity index (χ2v) is 7.96. The number of nitrogens with zero attached hydrogens (tertiary/aromatic N) is 3. The molecule has 27 heavy (non-hydrogen) atoms. The summed E-state index contributed by atoms with van der Waals surface area (Å²) in [6.07, 6.45) is 1.65. The van der Waals surface area contributed by atoms with Crippen LogP contribution in [0.25, 0.3) is 10.9 Å². The first-order valence-corrected chi connectivity index (χ1v) is 10.1. The van der Waals surface area contributed by atoms with E-state index >= 15 is 0 Å². The van der Waals surface area contributed by atoms with Crippen LogP contribution in [0.2, 0.25) is 0 Å². The minimum atomic E-state index is -3.81. The van der Waals surface area contributed by atoms with Crippen molar-refractivity contribution in [3.8, 4) is 0 Å². The third kappa shape index (κ3) is 3.26. The van der Waals surface area contributed by atoms with Crippen molar-refractivity contribution in [2.45, 2.75) is 4.90 Å². The first-order valence-electron chi connectivity index (χ1n) is 8.53. The number of nitrogens with one attached hydrogen (secondary N) is 1. The van der Waals surface area contributed by atoms with E-state index in [0.29, 0.717) is 37.4 Å². The topological polar surface area (TPSA) is 112 Å². The maximum atomic E-state index is 12.9. The molecule has 0 aliphatic carbocycles. The number of aromatic amines is 1. The number of primary sulfonamides is 1. The highest BCUT2D eigenvalue weighted by molar-refractivity contribution is 7.89. The molecule has 2 heterocycles. The molecule has 1 aliphatic heterocycles. The molecular weight excluding hydrogens is 366 g/mol. The Bertz CT molecular complexity index is 1100. The Morgan fingerprint density at radius 3 is 2.52 bits per heavy atom. The Balaban J connectivity index is 1.53. The summed E-state index contributed by atoms with van der Waals surface area (Å²) < 4.78 is 23.7. The molecule has 3 N–H and O–H groups in total. The van der Waals surface area contributed by atoms with Gasteiger partial charge in [-0.05, 0) is 24.3 Å². The molecule has 3 aromatic rings. The summed E-state index contributed by atoms with van der Waals surface area (Å²) >= 11 is 0. The fraction of sp³-hybridized carbons (Fsp3) is 0.222. The quantitative estimate of drug-likeness (QED) is 0.703. The van der Waals surface area contributed by atoms with Crippen molar-refractivity contribution in [3.63, 3.8) is 0 Å². The number of benzene rings is 2. The third-order valence-corrected chi connectivity index (χ3v) is 5.75. The van der Waals surface area contributed by atoms with Gasteiger partial charge < -0.3 is 9.80 Å². The van der Waals surface area contributed by atoms with Gasteiger partial charge in [-0.25, -0.2) is 13.6 Å². The number of piperazine rings is 1. The fourth-order valence-corrected chi connectivity index (χ4v) is 4.19. The normalized spacial score (nSPS) is 15.3. The van der Waals surface area contributed by atoms with E-state index in [9.17, 15) is 13.2 Å². The highest BCUT2D eigenvalue weighted by atomic mass is 32.2. The first kappa shape index (κ1) is 17.5. The number of rotatable bonds is 3. The number of carbonyl (C=O) groups is 1. The Morgan fingerprint density at radius 1 is 1.04 bits per heavy atom. The second kappa shape index (κ2) is 6.67. The average Bonchev–Trinajstić information content (AvgIpc) is 3.16. The van der Waals surface area contributed by atoms with Crippen LogP contribution >= 0.6 is 0 Å². The molecular formula is C18H19N5O3S. The smallest absolute Gasteiger partial charge is 0.254 e. The summed E-state index contributed by atoms with van der Waals surface area (Å²) in [5, 5.41) is 13.0. The summed E-state index contributed by atoms with van der Waals surface area (Å²) in [4.78, 5) is 16.8. The van der Waals surface area contributed by atoms with E-state index in [0.717, 1.165) is 10.9 Å². The molecule has 0 radical (unpaired) electrons. The number of H-pyrrole nitrogens is 1. The maximum absolute atomic E-state index is 12.9. The zero-order valence-electron chi connectivity index (χ0n) is 14.5. The third-order valence-electron chi connectivity index (χ3n) is 4.79. The molecule has 1 amide bonds. The van der Waals surface area contributed by atoms with E-state index in [1.54, 1.807) is 35.4 Å². The van der Waals surface area contributed by atoms with Gasteiger partial charge >= 0.3 is 0 Å². The van der Waals surface area contributed by atoms with Gasteiger partial charge in [-0.3, -0.25) is 9.89 Å². The van der Waals surface area contributed by atoms with Crippen LogP contribution in [0.3, 0.4) is 0 Å². The number of hydrogen-bond donors (Lipinski definition) is 2. The highest BCUT2D eigenvalue weighted by Crippen LogP contribution is 2.26. The van der Waals surface area contributed by atoms with Gasteiger partial charge in [-0.2, -0.15) is 5.10 Å². The van der Waals surface area contributed by atoms with Gasteiger partial charge in [0.15, 0.2) is 0 Å². The molecule has 0 spiro atoms. The van der Waals surface area contributed by atoms with Gasteiger partial charge in [0.2, 0.25) is 10.0 Å². The molecule has 4 rings (SSSR count). The van der Waals surface area contributed by atoms with Gasteiger partial charge in [-0.15, -0.1) is 0 Å². The van der Waals surface area contributed by atoms with E-state index in [-0.39, 0.29) is 10.8 Å². The lowest BCUT2D eigenvalue weighted by Crippen LogP contribution is -2.49. The highest BCUT2D eigenvalue weighted by Gasteiger charge is 2.26. The molecule has 0 saturated carbocycles. The molecule has 140 valence electrons. The molecule has 8 nitrogen and oxygen atoms in total. The lowest BCUT2D eigenvalue weighted by Gasteiger charge is -2.36. The molecule has 1 fully saturated rings. The van der Waals surface area contributed by atoms with E-state index in [2.05, 4.69) is 10.2 Å². The van der Waals surface area contributed by atoms with E-state index < -0.39 is 10.0 Å². The van der Waals surface area contributed by atoms with Gasteiger partial charge in [-0.1, -0.05) is 18.2 Å². The number of carbonyl (C=O) groups excluding carboxylic acids is 1. The summed E-state index contributed by atoms with van der Waals surface area (Å²) in [5.41, 5.74) is 2.00. The molecule has 0 atom stereocenters. The minimum Gasteiger partial charge on any atom is -0.367 e. The summed E-state index contributed by atoms with van der Waals surface area (Å²) in [6.45, 7) is 2.04. The average molecular weight is 385 g/mol. The van der Waals surface area contributed by atoms with Crippen molar-refractivity contribution >= 4 is 32.5 Å². The van der Waals surface area contributed by atoms with Crippen LogP contribution in [-0.4, -0.2) is 55.6 Å². The van der Waals surface area contributed by atoms with E-state index in [1.165, 1.54) is 6.07 Å². The number of aromatic nitrogens is 2. The van der Waals surface area contributed by atoms with Crippen molar-refractivity contribution in [2.24, 2.45) is 5.14 Å². The SMILES string of the molecule is NS(=O)(=O)c1ccccc1N1CCN(C(=O)c2cccc3[nH]ncc23)CC1. The summed E-state index contributed by atoms with van der Waals surface area (Å²) in [5.74, 6) is -0.0543. The molecule has 0 bridgehead atoms. The van der Waals surface area contributed by atoms with Crippen molar-refractivity contribution < 1.29 is 13.2 Å². The molecule has 1 aliphatic rings. The summed E-state index contributed by atoms with van der Waals surface area (Å²) in [7, 11) is -3.81. The van der Waals surface area contributed by atoms with Gasteiger partial charge in [0.05, 0.1) is 23.0 Å². The van der Waals surface area contributed by atoms with Gasteiger partial charge in [0, 0.05) is 31.6 Å². The van der Waals surface area contributed by atoms with E-state index in [1.807, 2.05) is 17.0 Å². The zero-order valence-corrected chi connectivity index (χ0v) is 15.3. The van der Waals surface area contributed by atoms with Crippen LogP contribution in [-0.2, 0) is 10.0 Å². The predicted octanol–water partition coefficient (Wildman–Crippen LogP) is 1.17. The van der Waals surface area contributed by atoms with Crippen LogP contribution in [0.1, 0.15) is 10.4 Å². The molecule has 1 aromatic heterocycles. The Kier molecular flexibility index (Phi) is 4.33. The van der Waals surface area contributed by atoms with Crippen molar-refractivity contribution in [3.05, 3.63) is 54.2 Å². The van der Waals surface area contributed by atoms with Crippen LogP contribution in [0.5, 0.6) is 0 Å². The number of amides is 1. The van der Waals surface area contributed by atoms with Crippen molar-refractivity contribution in [1.29, 1.82) is 0 Å². The first-order chi connectivity index (χ1) is 12.9. The largest absolute Gasteiger partial charge is 0.367 e. The van der Waals surface area contributed by atoms with Crippen molar-refractivity contribution in [2.75, 3.05) is 31.1 Å². The Hall–Kier alpha value is -2.91. The number of nitrogens with two attached hydrogens (primary N) is 1. The molecule has 0 unspecified atom stereocenters. The minimum absolute atomic E-state index is 0.0543. The number of anilines is 1. The molecule has 2 aromatic carbocycles. The maximum Gasteiger partial charge on any atom is 0.254 e. The van der Waals surface area contributed by atoms with Crippen LogP contribution in [0, 0.1) is 0 Å². The zero-order chi connectivity index (χ0) is 19.0. The van der Waals surface area contributed by atoms with Crippen LogP contribution in [0.4, 0.5) is 5.69 Å². The standard InChI is InChI=1S/C18H19N5O3S/c19-27(25,26)17-7-2-1-6-16(17)22-8-10-23(11-9-22)18(24)13-4-3-5-15-14(13)12-20-21-15/h1-7,12H,8-11H2,(H,20,21)(H2,19,25,26). The molecule has 1 saturated heterocycles. The fourth-order valence-electron chi connectivity index (χ4n) is 3.43. The van der Waals surface area contributed by atoms with Gasteiger partial charge in [0.25, 0.3) is 5.91 Å². The summed E-state index contributed by atoms with van der Waals surface area (Å²) in [6, 6.07) is 12.2. The Labute approximate surface area is 156 Å². The Morgan fingerprint density at radius 2 is 1.78 bits per heavy atom. The lowest BCUT2D eigenvalue weighted by molar-refractivity contribution is 0.0748. The number of para-hydroxylation sites is 1. The second-order valence-electron chi connectivity index (χ2n) is 6.43. The van der Waals surface area contributed by atoms with Crippen molar-refractivity contribution in [1.82, 2.24) is 15.1 Å². The van der Waals surface area contributed by atoms with Gasteiger partial charge in [0.1, 0.15) is 4.90 Å². The van der Waals surface area contributed by atoms with E-state index in [4.69, 9.17) is 5.14 Å². The molecule has 9 heteroatoms. The number of fused-ring (bicyclic) bond motifs is 1. The number of sulfonamides is 1. The predicted molar refractivity (Wildman–Crippen MR) is 102 cm³/mol. The monoisotopic (exact) mass is 385 g/mol. The van der Waals surface area contributed by atoms with Crippen LogP contribution < -0.4 is 10.0 Å². The number of hydrogen-bond acceptors (Lipinski definition) is 5.